The zero-order chi connectivity index (χ0) is 17.8. The van der Waals surface area contributed by atoms with Crippen molar-refractivity contribution in [3.8, 4) is 5.75 Å². The Labute approximate surface area is 131 Å². The van der Waals surface area contributed by atoms with Crippen molar-refractivity contribution in [2.75, 3.05) is 7.11 Å². The molecule has 1 amide bonds. The summed E-state index contributed by atoms with van der Waals surface area (Å²) in [6.07, 6.45) is -6.33. The van der Waals surface area contributed by atoms with Crippen molar-refractivity contribution in [3.05, 3.63) is 29.8 Å². The van der Waals surface area contributed by atoms with Crippen LogP contribution in [0.1, 0.15) is 25.8 Å². The van der Waals surface area contributed by atoms with Gasteiger partial charge in [-0.25, -0.2) is 4.79 Å². The Kier molecular flexibility index (Phi) is 5.63. The highest BCUT2D eigenvalue weighted by Crippen LogP contribution is 2.27. The first-order chi connectivity index (χ1) is 10.5. The van der Waals surface area contributed by atoms with E-state index in [1.54, 1.807) is 24.3 Å². The van der Waals surface area contributed by atoms with E-state index >= 15 is 0 Å². The van der Waals surface area contributed by atoms with Crippen LogP contribution in [0.3, 0.4) is 0 Å². The quantitative estimate of drug-likeness (QED) is 0.839. The molecule has 1 atom stereocenters. The Morgan fingerprint density at radius 1 is 1.22 bits per heavy atom. The van der Waals surface area contributed by atoms with E-state index in [0.717, 1.165) is 0 Å². The second kappa shape index (κ2) is 6.89. The van der Waals surface area contributed by atoms with Crippen LogP contribution in [0, 0.1) is 0 Å². The van der Waals surface area contributed by atoms with Crippen molar-refractivity contribution in [1.82, 2.24) is 5.32 Å². The van der Waals surface area contributed by atoms with E-state index in [2.05, 4.69) is 0 Å². The molecule has 0 aliphatic carbocycles. The molecule has 2 N–H and O–H groups in total. The molecule has 0 saturated heterocycles. The molecule has 5 nitrogen and oxygen atoms in total. The molecular formula is C15H18F3NO4. The fourth-order valence-electron chi connectivity index (χ4n) is 1.91. The van der Waals surface area contributed by atoms with E-state index < -0.39 is 35.9 Å². The number of amides is 1. The summed E-state index contributed by atoms with van der Waals surface area (Å²) in [7, 11) is 1.47. The lowest BCUT2D eigenvalue weighted by atomic mass is 9.83. The van der Waals surface area contributed by atoms with Crippen molar-refractivity contribution in [3.63, 3.8) is 0 Å². The predicted molar refractivity (Wildman–Crippen MR) is 76.3 cm³/mol. The summed E-state index contributed by atoms with van der Waals surface area (Å²) in [4.78, 5) is 23.2. The van der Waals surface area contributed by atoms with E-state index in [1.807, 2.05) is 5.32 Å². The van der Waals surface area contributed by atoms with Crippen LogP contribution < -0.4 is 10.1 Å². The first-order valence-corrected chi connectivity index (χ1v) is 6.72. The van der Waals surface area contributed by atoms with Crippen LogP contribution in [0.2, 0.25) is 0 Å². The number of benzene rings is 1. The van der Waals surface area contributed by atoms with E-state index in [4.69, 9.17) is 9.84 Å². The highest BCUT2D eigenvalue weighted by atomic mass is 19.4. The molecule has 1 aromatic rings. The third-order valence-corrected chi connectivity index (χ3v) is 3.42. The summed E-state index contributed by atoms with van der Waals surface area (Å²) >= 11 is 0. The van der Waals surface area contributed by atoms with Gasteiger partial charge in [-0.1, -0.05) is 12.1 Å². The van der Waals surface area contributed by atoms with E-state index in [9.17, 15) is 22.8 Å². The van der Waals surface area contributed by atoms with Crippen LogP contribution in [0.25, 0.3) is 0 Å². The number of methoxy groups -OCH3 is 1. The lowest BCUT2D eigenvalue weighted by molar-refractivity contribution is -0.160. The molecule has 1 unspecified atom stereocenters. The largest absolute Gasteiger partial charge is 0.497 e. The van der Waals surface area contributed by atoms with Gasteiger partial charge in [-0.15, -0.1) is 0 Å². The maximum atomic E-state index is 12.4. The van der Waals surface area contributed by atoms with Gasteiger partial charge in [0.25, 0.3) is 0 Å². The van der Waals surface area contributed by atoms with Gasteiger partial charge in [-0.3, -0.25) is 4.79 Å². The van der Waals surface area contributed by atoms with E-state index in [0.29, 0.717) is 11.3 Å². The molecule has 0 fully saturated rings. The minimum absolute atomic E-state index is 0.520. The molecule has 0 aromatic heterocycles. The number of carboxylic acids is 1. The van der Waals surface area contributed by atoms with Crippen LogP contribution in [0.4, 0.5) is 13.2 Å². The third kappa shape index (κ3) is 5.15. The Balaban J connectivity index is 2.93. The van der Waals surface area contributed by atoms with Crippen molar-refractivity contribution in [2.24, 2.45) is 0 Å². The van der Waals surface area contributed by atoms with Crippen molar-refractivity contribution in [1.29, 1.82) is 0 Å². The maximum absolute atomic E-state index is 12.4. The summed E-state index contributed by atoms with van der Waals surface area (Å²) in [5.74, 6) is -1.98. The van der Waals surface area contributed by atoms with Gasteiger partial charge in [-0.2, -0.15) is 13.2 Å². The highest BCUT2D eigenvalue weighted by molar-refractivity contribution is 5.90. The number of carbonyl (C=O) groups is 2. The number of alkyl halides is 3. The Hall–Kier alpha value is -2.25. The molecule has 0 spiro atoms. The van der Waals surface area contributed by atoms with Gasteiger partial charge in [0, 0.05) is 0 Å². The minimum atomic E-state index is -4.69. The zero-order valence-electron chi connectivity index (χ0n) is 12.9. The second-order valence-corrected chi connectivity index (χ2v) is 5.54. The molecule has 1 aromatic carbocycles. The second-order valence-electron chi connectivity index (χ2n) is 5.54. The Bertz CT molecular complexity index is 567. The number of carbonyl (C=O) groups excluding carboxylic acids is 1. The molecule has 0 radical (unpaired) electrons. The maximum Gasteiger partial charge on any atom is 0.391 e. The molecule has 23 heavy (non-hydrogen) atoms. The van der Waals surface area contributed by atoms with Crippen molar-refractivity contribution < 1.29 is 32.6 Å². The molecule has 0 saturated carbocycles. The number of aliphatic carboxylic acids is 1. The van der Waals surface area contributed by atoms with Gasteiger partial charge >= 0.3 is 12.1 Å². The van der Waals surface area contributed by atoms with E-state index in [-0.39, 0.29) is 0 Å². The summed E-state index contributed by atoms with van der Waals surface area (Å²) in [5, 5.41) is 10.8. The number of rotatable bonds is 6. The van der Waals surface area contributed by atoms with Gasteiger partial charge in [0.2, 0.25) is 5.91 Å². The molecule has 0 aliphatic rings. The SMILES string of the molecule is COc1ccc(C(C)(C)C(=O)NC(CC(F)(F)F)C(=O)O)cc1. The molecule has 0 aliphatic heterocycles. The number of hydrogen-bond donors (Lipinski definition) is 2. The zero-order valence-corrected chi connectivity index (χ0v) is 12.9. The molecule has 128 valence electrons. The van der Waals surface area contributed by atoms with Crippen LogP contribution in [-0.4, -0.2) is 36.3 Å². The first-order valence-electron chi connectivity index (χ1n) is 6.72. The van der Waals surface area contributed by atoms with Crippen LogP contribution in [0.15, 0.2) is 24.3 Å². The fourth-order valence-corrected chi connectivity index (χ4v) is 1.91. The number of nitrogens with one attached hydrogen (secondary N) is 1. The lowest BCUT2D eigenvalue weighted by Gasteiger charge is -2.27. The summed E-state index contributed by atoms with van der Waals surface area (Å²) in [6.45, 7) is 2.99. The fraction of sp³-hybridized carbons (Fsp3) is 0.467. The summed E-state index contributed by atoms with van der Waals surface area (Å²) in [6, 6.07) is 4.37. The minimum Gasteiger partial charge on any atom is -0.497 e. The van der Waals surface area contributed by atoms with Crippen molar-refractivity contribution in [2.45, 2.75) is 37.9 Å². The van der Waals surface area contributed by atoms with Gasteiger partial charge in [0.1, 0.15) is 11.8 Å². The van der Waals surface area contributed by atoms with Gasteiger partial charge in [-0.05, 0) is 31.5 Å². The highest BCUT2D eigenvalue weighted by Gasteiger charge is 2.39. The lowest BCUT2D eigenvalue weighted by Crippen LogP contribution is -2.49. The number of halogens is 3. The smallest absolute Gasteiger partial charge is 0.391 e. The Morgan fingerprint density at radius 2 is 1.74 bits per heavy atom. The molecule has 1 rings (SSSR count). The van der Waals surface area contributed by atoms with Gasteiger partial charge in [0.05, 0.1) is 18.9 Å². The number of ether oxygens (including phenoxy) is 1. The average Bonchev–Trinajstić information content (AvgIpc) is 2.45. The molecular weight excluding hydrogens is 315 g/mol. The molecule has 0 heterocycles. The average molecular weight is 333 g/mol. The summed E-state index contributed by atoms with van der Waals surface area (Å²) in [5.41, 5.74) is -0.682. The van der Waals surface area contributed by atoms with Gasteiger partial charge < -0.3 is 15.2 Å². The number of hydrogen-bond acceptors (Lipinski definition) is 3. The third-order valence-electron chi connectivity index (χ3n) is 3.42. The van der Waals surface area contributed by atoms with Crippen LogP contribution in [-0.2, 0) is 15.0 Å². The standard InChI is InChI=1S/C15H18F3NO4/c1-14(2,9-4-6-10(23-3)7-5-9)13(22)19-11(12(20)21)8-15(16,17)18/h4-7,11H,8H2,1-3H3,(H,19,22)(H,20,21). The van der Waals surface area contributed by atoms with Gasteiger partial charge in [0.15, 0.2) is 0 Å². The molecule has 8 heteroatoms. The van der Waals surface area contributed by atoms with Crippen LogP contribution in [0.5, 0.6) is 5.75 Å². The predicted octanol–water partition coefficient (Wildman–Crippen LogP) is 2.49. The topological polar surface area (TPSA) is 75.6 Å². The Morgan fingerprint density at radius 3 is 2.13 bits per heavy atom. The van der Waals surface area contributed by atoms with E-state index in [1.165, 1.54) is 21.0 Å². The normalized spacial score (nSPS) is 13.3. The summed E-state index contributed by atoms with van der Waals surface area (Å²) < 4.78 is 42.2. The van der Waals surface area contributed by atoms with Crippen LogP contribution >= 0.6 is 0 Å². The van der Waals surface area contributed by atoms with Crippen molar-refractivity contribution >= 4 is 11.9 Å². The first kappa shape index (κ1) is 18.8. The monoisotopic (exact) mass is 333 g/mol. The molecule has 0 bridgehead atoms. The number of carboxylic acid groups (broad SMARTS) is 1.